The van der Waals surface area contributed by atoms with Gasteiger partial charge in [0.1, 0.15) is 67.6 Å². The lowest BCUT2D eigenvalue weighted by atomic mass is 9.98. The van der Waals surface area contributed by atoms with E-state index in [0.29, 0.717) is 38.5 Å². The minimum Gasteiger partial charge on any atom is -0.479 e. The first-order valence-corrected chi connectivity index (χ1v) is 23.6. The summed E-state index contributed by atoms with van der Waals surface area (Å²) in [5.41, 5.74) is 0. The van der Waals surface area contributed by atoms with Gasteiger partial charge in [-0.15, -0.1) is 0 Å². The number of aliphatic hydroxyl groups is 10. The van der Waals surface area contributed by atoms with Crippen molar-refractivity contribution in [3.05, 3.63) is 0 Å². The first kappa shape index (κ1) is 56.6. The molecule has 0 aromatic carbocycles. The zero-order chi connectivity index (χ0) is 47.2. The molecule has 3 rings (SSSR count). The third-order valence-electron chi connectivity index (χ3n) is 12.3. The molecule has 13 unspecified atom stereocenters. The van der Waals surface area contributed by atoms with E-state index in [4.69, 9.17) is 38.3 Å². The molecule has 0 amide bonds. The second-order valence-corrected chi connectivity index (χ2v) is 17.7. The number of esters is 1. The van der Waals surface area contributed by atoms with E-state index in [1.54, 1.807) is 0 Å². The molecule has 0 aromatic rings. The van der Waals surface area contributed by atoms with Crippen LogP contribution in [0.15, 0.2) is 0 Å². The predicted octanol–water partition coefficient (Wildman–Crippen LogP) is 0.658. The number of carboxylic acids is 1. The van der Waals surface area contributed by atoms with Gasteiger partial charge in [-0.3, -0.25) is 4.79 Å². The third-order valence-corrected chi connectivity index (χ3v) is 12.3. The summed E-state index contributed by atoms with van der Waals surface area (Å²) in [6.45, 7) is 1.89. The molecule has 3 aliphatic rings. The molecule has 3 saturated heterocycles. The maximum Gasteiger partial charge on any atom is 0.332 e. The minimum atomic E-state index is -1.88. The van der Waals surface area contributed by atoms with Gasteiger partial charge in [0, 0.05) is 6.92 Å². The third kappa shape index (κ3) is 19.5. The van der Waals surface area contributed by atoms with Gasteiger partial charge < -0.3 is 89.3 Å². The van der Waals surface area contributed by atoms with E-state index >= 15 is 0 Å². The van der Waals surface area contributed by atoms with E-state index in [9.17, 15) is 60.7 Å². The second kappa shape index (κ2) is 30.6. The highest BCUT2D eigenvalue weighted by molar-refractivity contribution is 5.71. The number of rotatable bonds is 32. The average Bonchev–Trinajstić information content (AvgIpc) is 3.26. The lowest BCUT2D eigenvalue weighted by Gasteiger charge is -2.46. The molecule has 0 aromatic heterocycles. The Morgan fingerprint density at radius 1 is 0.562 bits per heavy atom. The predicted molar refractivity (Wildman–Crippen MR) is 225 cm³/mol. The van der Waals surface area contributed by atoms with Crippen LogP contribution in [0.3, 0.4) is 0 Å². The first-order chi connectivity index (χ1) is 30.5. The number of carbonyl (C=O) groups excluding carboxylic acids is 1. The molecule has 376 valence electrons. The molecule has 64 heavy (non-hydrogen) atoms. The Labute approximate surface area is 376 Å². The van der Waals surface area contributed by atoms with Crippen LogP contribution in [0.1, 0.15) is 142 Å². The van der Waals surface area contributed by atoms with Crippen LogP contribution in [0.25, 0.3) is 0 Å². The van der Waals surface area contributed by atoms with Gasteiger partial charge in [0.15, 0.2) is 25.0 Å². The Morgan fingerprint density at radius 3 is 1.56 bits per heavy atom. The number of carbonyl (C=O) groups is 2. The molecule has 20 heteroatoms. The van der Waals surface area contributed by atoms with E-state index < -0.39 is 129 Å². The summed E-state index contributed by atoms with van der Waals surface area (Å²) in [6, 6.07) is 0. The number of carboxylic acid groups (broad SMARTS) is 1. The lowest BCUT2D eigenvalue weighted by molar-refractivity contribution is -0.380. The van der Waals surface area contributed by atoms with Crippen LogP contribution in [-0.2, 0) is 42.7 Å². The summed E-state index contributed by atoms with van der Waals surface area (Å²) in [5, 5.41) is 114. The summed E-state index contributed by atoms with van der Waals surface area (Å²) >= 11 is 0. The quantitative estimate of drug-likeness (QED) is 0.0326. The number of ether oxygens (including phenoxy) is 7. The monoisotopic (exact) mass is 929 g/mol. The number of hydrogen-bond acceptors (Lipinski definition) is 19. The van der Waals surface area contributed by atoms with Gasteiger partial charge in [-0.1, -0.05) is 96.8 Å². The fourth-order valence-corrected chi connectivity index (χ4v) is 8.16. The van der Waals surface area contributed by atoms with E-state index in [1.807, 2.05) is 6.92 Å². The number of aliphatic hydroxyl groups excluding tert-OH is 10. The summed E-state index contributed by atoms with van der Waals surface area (Å²) in [6.07, 6.45) is -7.53. The normalized spacial score (nSPS) is 33.0. The standard InChI is InChI=1S/C44H80O20/c1-3-4-18-27(19-17-22-29(47)28(46)20-15-13-11-9-7-5-6-8-10-12-14-16-21-30(48)41(56)57)61-43-39(34(51)31(49)23-59-43)64-44-40(35(52)32(50)24-60-44)63-42-38(55)37(54)36(53)33(62-42)25-58-26(2)45/h27-40,42-44,46-55H,3-25H2,1-2H3,(H,56,57)/t27-,28-,29+,30+,31?,32?,33?,34?,35?,36?,37?,38?,39?,40?,42?,43?,44?/m1/s1. The zero-order valence-corrected chi connectivity index (χ0v) is 37.7. The number of unbranched alkanes of at least 4 members (excludes halogenated alkanes) is 12. The van der Waals surface area contributed by atoms with Gasteiger partial charge in [0.05, 0.1) is 31.5 Å². The Bertz CT molecular complexity index is 1270. The molecule has 0 aliphatic carbocycles. The van der Waals surface area contributed by atoms with Gasteiger partial charge in [-0.2, -0.15) is 0 Å². The second-order valence-electron chi connectivity index (χ2n) is 17.7. The van der Waals surface area contributed by atoms with Crippen LogP contribution in [-0.4, -0.2) is 192 Å². The number of aliphatic carboxylic acids is 1. The molecule has 0 saturated carbocycles. The average molecular weight is 929 g/mol. The highest BCUT2D eigenvalue weighted by atomic mass is 16.8. The molecule has 0 bridgehead atoms. The van der Waals surface area contributed by atoms with Crippen LogP contribution >= 0.6 is 0 Å². The fraction of sp³-hybridized carbons (Fsp3) is 0.955. The van der Waals surface area contributed by atoms with Crippen LogP contribution in [0.4, 0.5) is 0 Å². The van der Waals surface area contributed by atoms with Crippen LogP contribution in [0.5, 0.6) is 0 Å². The van der Waals surface area contributed by atoms with Gasteiger partial charge in [0.2, 0.25) is 0 Å². The molecule has 20 nitrogen and oxygen atoms in total. The van der Waals surface area contributed by atoms with E-state index in [-0.39, 0.29) is 6.61 Å². The summed E-state index contributed by atoms with van der Waals surface area (Å²) < 4.78 is 40.2. The van der Waals surface area contributed by atoms with Crippen molar-refractivity contribution in [3.63, 3.8) is 0 Å². The van der Waals surface area contributed by atoms with Crippen molar-refractivity contribution in [1.82, 2.24) is 0 Å². The molecule has 17 atom stereocenters. The van der Waals surface area contributed by atoms with Crippen LogP contribution in [0.2, 0.25) is 0 Å². The summed E-state index contributed by atoms with van der Waals surface area (Å²) in [4.78, 5) is 22.0. The van der Waals surface area contributed by atoms with Gasteiger partial charge in [-0.05, 0) is 38.5 Å². The van der Waals surface area contributed by atoms with Gasteiger partial charge in [0.25, 0.3) is 0 Å². The topological polar surface area (TPSA) is 321 Å². The smallest absolute Gasteiger partial charge is 0.332 e. The van der Waals surface area contributed by atoms with Crippen molar-refractivity contribution >= 4 is 11.9 Å². The molecule has 0 spiro atoms. The van der Waals surface area contributed by atoms with Crippen LogP contribution < -0.4 is 0 Å². The molecule has 3 heterocycles. The molecular weight excluding hydrogens is 848 g/mol. The summed E-state index contributed by atoms with van der Waals surface area (Å²) in [5.74, 6) is -1.86. The Balaban J connectivity index is 1.45. The highest BCUT2D eigenvalue weighted by Gasteiger charge is 2.51. The molecular formula is C44H80O20. The first-order valence-electron chi connectivity index (χ1n) is 23.6. The number of hydrogen-bond donors (Lipinski definition) is 11. The van der Waals surface area contributed by atoms with Crippen LogP contribution in [0, 0.1) is 0 Å². The van der Waals surface area contributed by atoms with Gasteiger partial charge in [-0.25, -0.2) is 4.79 Å². The Hall–Kier alpha value is -1.70. The Morgan fingerprint density at radius 2 is 1.03 bits per heavy atom. The van der Waals surface area contributed by atoms with E-state index in [2.05, 4.69) is 0 Å². The van der Waals surface area contributed by atoms with Crippen molar-refractivity contribution in [2.45, 2.75) is 247 Å². The largest absolute Gasteiger partial charge is 0.479 e. The van der Waals surface area contributed by atoms with Crippen molar-refractivity contribution in [2.24, 2.45) is 0 Å². The molecule has 3 aliphatic heterocycles. The van der Waals surface area contributed by atoms with Crippen molar-refractivity contribution in [1.29, 1.82) is 0 Å². The lowest BCUT2D eigenvalue weighted by Crippen LogP contribution is -2.64. The molecule has 11 N–H and O–H groups in total. The van der Waals surface area contributed by atoms with E-state index in [1.165, 1.54) is 0 Å². The highest BCUT2D eigenvalue weighted by Crippen LogP contribution is 2.32. The Kier molecular flexibility index (Phi) is 27.1. The van der Waals surface area contributed by atoms with Crippen molar-refractivity contribution < 1.29 is 98.9 Å². The van der Waals surface area contributed by atoms with Crippen molar-refractivity contribution in [2.75, 3.05) is 19.8 Å². The molecule has 0 radical (unpaired) electrons. The zero-order valence-electron chi connectivity index (χ0n) is 37.7. The maximum atomic E-state index is 11.4. The van der Waals surface area contributed by atoms with Gasteiger partial charge >= 0.3 is 11.9 Å². The molecule has 3 fully saturated rings. The maximum absolute atomic E-state index is 11.4. The fourth-order valence-electron chi connectivity index (χ4n) is 8.16. The SMILES string of the molecule is CCCC[C@H](CCC[C@H](O)[C@H](O)CCCCCCCCCCCCCC[C@H](O)C(=O)O)OC1OCC(O)C(O)C1OC1OCC(O)C(O)C1OC1OC(COC(C)=O)C(O)C(O)C1O. The van der Waals surface area contributed by atoms with E-state index in [0.717, 1.165) is 96.8 Å². The summed E-state index contributed by atoms with van der Waals surface area (Å²) in [7, 11) is 0. The van der Waals surface area contributed by atoms with Crippen molar-refractivity contribution in [3.8, 4) is 0 Å². The minimum absolute atomic E-state index is 0.302.